The van der Waals surface area contributed by atoms with Crippen molar-refractivity contribution in [2.45, 2.75) is 38.5 Å². The summed E-state index contributed by atoms with van der Waals surface area (Å²) < 4.78 is 44.6. The van der Waals surface area contributed by atoms with Crippen LogP contribution in [0.5, 0.6) is 5.75 Å². The van der Waals surface area contributed by atoms with Crippen molar-refractivity contribution >= 4 is 40.0 Å². The fourth-order valence-electron chi connectivity index (χ4n) is 6.39. The van der Waals surface area contributed by atoms with Crippen molar-refractivity contribution in [3.8, 4) is 16.9 Å². The Morgan fingerprint density at radius 2 is 1.65 bits per heavy atom. The summed E-state index contributed by atoms with van der Waals surface area (Å²) in [5, 5.41) is 11.9. The van der Waals surface area contributed by atoms with E-state index in [4.69, 9.17) is 23.2 Å². The SMILES string of the molecule is O=C(NCCCn1cc(-c2ccc(OC(F)(F)F)cc2)c2cc(CN3CCN(Cc4c(Cl)cccc4Cl)CC3)ccc21)C1CNCCN1. The summed E-state index contributed by atoms with van der Waals surface area (Å²) in [4.78, 5) is 17.3. The second-order valence-corrected chi connectivity index (χ2v) is 13.1. The lowest BCUT2D eigenvalue weighted by atomic mass is 10.0. The molecule has 8 nitrogen and oxygen atoms in total. The average Bonchev–Trinajstić information content (AvgIpc) is 3.43. The number of piperazine rings is 2. The van der Waals surface area contributed by atoms with Crippen molar-refractivity contribution in [3.63, 3.8) is 0 Å². The van der Waals surface area contributed by atoms with Crippen molar-refractivity contribution in [1.29, 1.82) is 0 Å². The molecule has 0 radical (unpaired) electrons. The van der Waals surface area contributed by atoms with E-state index in [9.17, 15) is 18.0 Å². The Bertz CT molecular complexity index is 1680. The fourth-order valence-corrected chi connectivity index (χ4v) is 6.90. The molecule has 0 aliphatic carbocycles. The number of hydrogen-bond donors (Lipinski definition) is 3. The molecule has 3 heterocycles. The number of aryl methyl sites for hydroxylation is 1. The molecule has 48 heavy (non-hydrogen) atoms. The molecule has 0 spiro atoms. The topological polar surface area (TPSA) is 73.8 Å². The number of carbonyl (C=O) groups excluding carboxylic acids is 1. The van der Waals surface area contributed by atoms with Crippen LogP contribution in [0, 0.1) is 0 Å². The molecule has 0 saturated carbocycles. The van der Waals surface area contributed by atoms with Gasteiger partial charge in [-0.25, -0.2) is 0 Å². The van der Waals surface area contributed by atoms with Gasteiger partial charge in [0.1, 0.15) is 5.75 Å². The van der Waals surface area contributed by atoms with Gasteiger partial charge in [-0.15, -0.1) is 13.2 Å². The molecule has 13 heteroatoms. The summed E-state index contributed by atoms with van der Waals surface area (Å²) in [5.74, 6) is -0.274. The second kappa shape index (κ2) is 15.5. The Kier molecular flexibility index (Phi) is 11.1. The van der Waals surface area contributed by atoms with Gasteiger partial charge in [-0.2, -0.15) is 0 Å². The summed E-state index contributed by atoms with van der Waals surface area (Å²) in [7, 11) is 0. The minimum atomic E-state index is -4.75. The van der Waals surface area contributed by atoms with E-state index < -0.39 is 6.36 Å². The molecule has 2 aliphatic heterocycles. The van der Waals surface area contributed by atoms with Gasteiger partial charge in [-0.1, -0.05) is 47.5 Å². The Labute approximate surface area is 288 Å². The number of carbonyl (C=O) groups is 1. The van der Waals surface area contributed by atoms with Gasteiger partial charge in [-0.3, -0.25) is 14.6 Å². The van der Waals surface area contributed by atoms with E-state index in [2.05, 4.69) is 53.3 Å². The van der Waals surface area contributed by atoms with Crippen molar-refractivity contribution < 1.29 is 22.7 Å². The van der Waals surface area contributed by atoms with Crippen molar-refractivity contribution in [1.82, 2.24) is 30.3 Å². The third kappa shape index (κ3) is 8.82. The molecule has 1 amide bonds. The molecule has 0 bridgehead atoms. The summed E-state index contributed by atoms with van der Waals surface area (Å²) >= 11 is 12.8. The van der Waals surface area contributed by atoms with E-state index in [1.54, 1.807) is 12.1 Å². The molecule has 6 rings (SSSR count). The van der Waals surface area contributed by atoms with Crippen LogP contribution in [0.15, 0.2) is 66.9 Å². The normalized spacial score (nSPS) is 17.9. The van der Waals surface area contributed by atoms with Crippen LogP contribution in [0.3, 0.4) is 0 Å². The zero-order valence-corrected chi connectivity index (χ0v) is 28.0. The fraction of sp³-hybridized carbons (Fsp3) is 0.400. The highest BCUT2D eigenvalue weighted by Gasteiger charge is 2.31. The van der Waals surface area contributed by atoms with E-state index in [0.717, 1.165) is 85.4 Å². The van der Waals surface area contributed by atoms with Crippen LogP contribution in [0.1, 0.15) is 17.5 Å². The number of amides is 1. The Balaban J connectivity index is 1.15. The lowest BCUT2D eigenvalue weighted by Crippen LogP contribution is -2.55. The van der Waals surface area contributed by atoms with Crippen molar-refractivity contribution in [3.05, 3.63) is 88.0 Å². The standard InChI is InChI=1S/C35H39Cl2F3N6O2/c36-30-3-1-4-31(37)29(30)22-45-17-15-44(16-18-45)21-24-5-10-33-27(19-24)28(25-6-8-26(9-7-25)48-35(38,39)40)23-46(33)14-2-11-43-34(47)32-20-41-12-13-42-32/h1,3-10,19,23,32,41-42H,2,11-18,20-22H2,(H,43,47). The summed E-state index contributed by atoms with van der Waals surface area (Å²) in [5.41, 5.74) is 4.85. The Morgan fingerprint density at radius 3 is 2.31 bits per heavy atom. The molecule has 1 aromatic heterocycles. The van der Waals surface area contributed by atoms with Gasteiger partial charge in [0.2, 0.25) is 5.91 Å². The Morgan fingerprint density at radius 1 is 0.938 bits per heavy atom. The quantitative estimate of drug-likeness (QED) is 0.169. The van der Waals surface area contributed by atoms with Gasteiger partial charge in [0.25, 0.3) is 0 Å². The van der Waals surface area contributed by atoms with Gasteiger partial charge in [-0.05, 0) is 53.9 Å². The number of nitrogens with one attached hydrogen (secondary N) is 3. The average molecular weight is 704 g/mol. The van der Waals surface area contributed by atoms with E-state index in [-0.39, 0.29) is 17.7 Å². The minimum absolute atomic E-state index is 0.0143. The maximum atomic E-state index is 12.8. The van der Waals surface area contributed by atoms with Gasteiger partial charge in [0, 0.05) is 110 Å². The number of rotatable bonds is 11. The van der Waals surface area contributed by atoms with Gasteiger partial charge >= 0.3 is 6.36 Å². The van der Waals surface area contributed by atoms with E-state index >= 15 is 0 Å². The van der Waals surface area contributed by atoms with Crippen molar-refractivity contribution in [2.24, 2.45) is 0 Å². The highest BCUT2D eigenvalue weighted by Crippen LogP contribution is 2.34. The molecule has 4 aromatic rings. The first-order chi connectivity index (χ1) is 23.1. The van der Waals surface area contributed by atoms with E-state index in [1.165, 1.54) is 12.1 Å². The third-order valence-electron chi connectivity index (χ3n) is 8.89. The van der Waals surface area contributed by atoms with Crippen LogP contribution in [-0.4, -0.2) is 85.0 Å². The van der Waals surface area contributed by atoms with Crippen LogP contribution in [-0.2, 0) is 24.4 Å². The monoisotopic (exact) mass is 702 g/mol. The number of nitrogens with zero attached hydrogens (tertiary/aromatic N) is 3. The highest BCUT2D eigenvalue weighted by atomic mass is 35.5. The van der Waals surface area contributed by atoms with Gasteiger partial charge < -0.3 is 25.3 Å². The lowest BCUT2D eigenvalue weighted by Gasteiger charge is -2.35. The number of aromatic nitrogens is 1. The first-order valence-corrected chi connectivity index (χ1v) is 17.0. The van der Waals surface area contributed by atoms with E-state index in [0.29, 0.717) is 36.2 Å². The highest BCUT2D eigenvalue weighted by molar-refractivity contribution is 6.36. The van der Waals surface area contributed by atoms with Gasteiger partial charge in [0.15, 0.2) is 0 Å². The summed E-state index contributed by atoms with van der Waals surface area (Å²) in [6.45, 7) is 8.47. The molecular formula is C35H39Cl2F3N6O2. The second-order valence-electron chi connectivity index (χ2n) is 12.3. The number of fused-ring (bicyclic) bond motifs is 1. The molecule has 1 atom stereocenters. The first kappa shape index (κ1) is 34.5. The molecule has 2 fully saturated rings. The molecule has 2 aliphatic rings. The van der Waals surface area contributed by atoms with Gasteiger partial charge in [0.05, 0.1) is 6.04 Å². The molecule has 2 saturated heterocycles. The largest absolute Gasteiger partial charge is 0.573 e. The molecule has 3 aromatic carbocycles. The van der Waals surface area contributed by atoms with E-state index in [1.807, 2.05) is 24.4 Å². The molecule has 1 unspecified atom stereocenters. The van der Waals surface area contributed by atoms with Crippen LogP contribution >= 0.6 is 23.2 Å². The molecular weight excluding hydrogens is 664 g/mol. The minimum Gasteiger partial charge on any atom is -0.406 e. The molecule has 256 valence electrons. The zero-order chi connectivity index (χ0) is 33.7. The number of hydrogen-bond acceptors (Lipinski definition) is 6. The lowest BCUT2D eigenvalue weighted by molar-refractivity contribution is -0.274. The Hall–Kier alpha value is -3.32. The number of ether oxygens (including phenoxy) is 1. The predicted octanol–water partition coefficient (Wildman–Crippen LogP) is 5.90. The maximum absolute atomic E-state index is 12.8. The maximum Gasteiger partial charge on any atom is 0.573 e. The van der Waals surface area contributed by atoms with Crippen LogP contribution in [0.25, 0.3) is 22.0 Å². The molecule has 3 N–H and O–H groups in total. The smallest absolute Gasteiger partial charge is 0.406 e. The first-order valence-electron chi connectivity index (χ1n) is 16.2. The summed E-state index contributed by atoms with van der Waals surface area (Å²) in [6, 6.07) is 17.8. The predicted molar refractivity (Wildman–Crippen MR) is 183 cm³/mol. The number of alkyl halides is 3. The summed E-state index contributed by atoms with van der Waals surface area (Å²) in [6.07, 6.45) is -1.99. The van der Waals surface area contributed by atoms with Crippen LogP contribution < -0.4 is 20.7 Å². The number of halogens is 5. The van der Waals surface area contributed by atoms with Crippen molar-refractivity contribution in [2.75, 3.05) is 52.4 Å². The van der Waals surface area contributed by atoms with Crippen LogP contribution in [0.2, 0.25) is 10.0 Å². The zero-order valence-electron chi connectivity index (χ0n) is 26.5. The third-order valence-corrected chi connectivity index (χ3v) is 9.60. The number of benzene rings is 3. The van der Waals surface area contributed by atoms with Crippen LogP contribution in [0.4, 0.5) is 13.2 Å².